The molecule has 1 fully saturated rings. The number of imide groups is 1. The van der Waals surface area contributed by atoms with Gasteiger partial charge in [0.05, 0.1) is 5.52 Å². The predicted molar refractivity (Wildman–Crippen MR) is 68.4 cm³/mol. The predicted octanol–water partition coefficient (Wildman–Crippen LogP) is 1.54. The van der Waals surface area contributed by atoms with Crippen LogP contribution in [0.5, 0.6) is 0 Å². The summed E-state index contributed by atoms with van der Waals surface area (Å²) >= 11 is 3.36. The summed E-state index contributed by atoms with van der Waals surface area (Å²) in [6.07, 6.45) is 2.11. The standard InChI is InChI=1S/C11H9BrN4O2/c12-9-7-3-1-2-5-15(7)10(14-9)16-6-4-8(17)13-11(16)18/h1-3,5H,4,6H2,(H,13,17,18). The van der Waals surface area contributed by atoms with Gasteiger partial charge in [0.1, 0.15) is 4.60 Å². The van der Waals surface area contributed by atoms with Crippen molar-refractivity contribution in [3.05, 3.63) is 29.0 Å². The monoisotopic (exact) mass is 308 g/mol. The van der Waals surface area contributed by atoms with Crippen molar-refractivity contribution in [3.63, 3.8) is 0 Å². The molecule has 0 saturated carbocycles. The Balaban J connectivity index is 2.09. The molecule has 2 aromatic heterocycles. The molecule has 0 spiro atoms. The fourth-order valence-corrected chi connectivity index (χ4v) is 2.41. The molecule has 1 aliphatic rings. The van der Waals surface area contributed by atoms with Gasteiger partial charge in [-0.25, -0.2) is 9.78 Å². The molecule has 1 saturated heterocycles. The highest BCUT2D eigenvalue weighted by Crippen LogP contribution is 2.24. The van der Waals surface area contributed by atoms with Crippen LogP contribution in [0, 0.1) is 0 Å². The molecule has 0 atom stereocenters. The van der Waals surface area contributed by atoms with E-state index >= 15 is 0 Å². The van der Waals surface area contributed by atoms with Crippen molar-refractivity contribution in [1.82, 2.24) is 14.7 Å². The lowest BCUT2D eigenvalue weighted by molar-refractivity contribution is -0.120. The van der Waals surface area contributed by atoms with Crippen molar-refractivity contribution in [1.29, 1.82) is 0 Å². The average molecular weight is 309 g/mol. The molecule has 92 valence electrons. The minimum absolute atomic E-state index is 0.254. The Morgan fingerprint density at radius 2 is 2.17 bits per heavy atom. The number of fused-ring (bicyclic) bond motifs is 1. The van der Waals surface area contributed by atoms with Crippen LogP contribution in [0.25, 0.3) is 5.52 Å². The number of carbonyl (C=O) groups excluding carboxylic acids is 2. The number of urea groups is 1. The number of anilines is 1. The number of nitrogens with one attached hydrogen (secondary N) is 1. The van der Waals surface area contributed by atoms with Crippen LogP contribution in [0.3, 0.4) is 0 Å². The Morgan fingerprint density at radius 3 is 2.94 bits per heavy atom. The third kappa shape index (κ3) is 1.67. The molecular weight excluding hydrogens is 300 g/mol. The first-order valence-electron chi connectivity index (χ1n) is 5.41. The number of amides is 3. The van der Waals surface area contributed by atoms with E-state index in [4.69, 9.17) is 0 Å². The van der Waals surface area contributed by atoms with Gasteiger partial charge in [-0.1, -0.05) is 6.07 Å². The van der Waals surface area contributed by atoms with Crippen LogP contribution < -0.4 is 10.2 Å². The topological polar surface area (TPSA) is 66.7 Å². The van der Waals surface area contributed by atoms with Crippen molar-refractivity contribution in [2.75, 3.05) is 11.4 Å². The number of imidazole rings is 1. The second kappa shape index (κ2) is 4.09. The Kier molecular flexibility index (Phi) is 2.55. The summed E-state index contributed by atoms with van der Waals surface area (Å²) in [5.41, 5.74) is 0.872. The molecule has 6 nitrogen and oxygen atoms in total. The van der Waals surface area contributed by atoms with E-state index in [9.17, 15) is 9.59 Å². The number of hydrogen-bond acceptors (Lipinski definition) is 3. The fraction of sp³-hybridized carbons (Fsp3) is 0.182. The zero-order valence-electron chi connectivity index (χ0n) is 9.26. The van der Waals surface area contributed by atoms with Crippen molar-refractivity contribution in [3.8, 4) is 0 Å². The highest BCUT2D eigenvalue weighted by atomic mass is 79.9. The van der Waals surface area contributed by atoms with E-state index in [1.807, 2.05) is 24.4 Å². The van der Waals surface area contributed by atoms with Gasteiger partial charge < -0.3 is 0 Å². The van der Waals surface area contributed by atoms with Crippen molar-refractivity contribution in [2.45, 2.75) is 6.42 Å². The normalized spacial score (nSPS) is 16.2. The smallest absolute Gasteiger partial charge is 0.285 e. The highest BCUT2D eigenvalue weighted by Gasteiger charge is 2.27. The van der Waals surface area contributed by atoms with Gasteiger partial charge in [-0.3, -0.25) is 19.4 Å². The Morgan fingerprint density at radius 1 is 1.33 bits per heavy atom. The molecule has 0 unspecified atom stereocenters. The summed E-state index contributed by atoms with van der Waals surface area (Å²) in [7, 11) is 0. The van der Waals surface area contributed by atoms with Gasteiger partial charge in [-0.05, 0) is 28.1 Å². The van der Waals surface area contributed by atoms with Crippen LogP contribution >= 0.6 is 15.9 Å². The number of nitrogens with zero attached hydrogens (tertiary/aromatic N) is 3. The summed E-state index contributed by atoms with van der Waals surface area (Å²) in [5, 5.41) is 2.28. The lowest BCUT2D eigenvalue weighted by Crippen LogP contribution is -2.50. The van der Waals surface area contributed by atoms with Crippen molar-refractivity contribution >= 4 is 39.3 Å². The lowest BCUT2D eigenvalue weighted by atomic mass is 10.3. The van der Waals surface area contributed by atoms with Crippen LogP contribution in [-0.4, -0.2) is 27.9 Å². The maximum atomic E-state index is 11.8. The first kappa shape index (κ1) is 11.2. The Bertz CT molecular complexity index is 652. The SMILES string of the molecule is O=C1CCN(c2nc(Br)c3ccccn23)C(=O)N1. The van der Waals surface area contributed by atoms with E-state index in [1.165, 1.54) is 4.90 Å². The maximum absolute atomic E-state index is 11.8. The molecule has 3 heterocycles. The molecule has 1 aliphatic heterocycles. The Hall–Kier alpha value is -1.89. The third-order valence-corrected chi connectivity index (χ3v) is 3.36. The van der Waals surface area contributed by atoms with Gasteiger partial charge in [0.25, 0.3) is 0 Å². The second-order valence-corrected chi connectivity index (χ2v) is 4.66. The molecule has 3 amide bonds. The van der Waals surface area contributed by atoms with Crippen LogP contribution in [0.2, 0.25) is 0 Å². The first-order chi connectivity index (χ1) is 8.66. The number of hydrogen-bond donors (Lipinski definition) is 1. The largest absolute Gasteiger partial charge is 0.330 e. The zero-order valence-corrected chi connectivity index (χ0v) is 10.8. The summed E-state index contributed by atoms with van der Waals surface area (Å²) in [6.45, 7) is 0.338. The maximum Gasteiger partial charge on any atom is 0.330 e. The van der Waals surface area contributed by atoms with E-state index in [2.05, 4.69) is 26.2 Å². The summed E-state index contributed by atoms with van der Waals surface area (Å²) in [5.74, 6) is 0.249. The molecule has 0 radical (unpaired) electrons. The van der Waals surface area contributed by atoms with Gasteiger partial charge in [0, 0.05) is 19.2 Å². The lowest BCUT2D eigenvalue weighted by Gasteiger charge is -2.24. The number of pyridine rings is 1. The van der Waals surface area contributed by atoms with Gasteiger partial charge in [0.2, 0.25) is 11.9 Å². The first-order valence-corrected chi connectivity index (χ1v) is 6.20. The van der Waals surface area contributed by atoms with Gasteiger partial charge >= 0.3 is 6.03 Å². The van der Waals surface area contributed by atoms with Crippen LogP contribution in [0.1, 0.15) is 6.42 Å². The van der Waals surface area contributed by atoms with Gasteiger partial charge in [-0.15, -0.1) is 0 Å². The van der Waals surface area contributed by atoms with E-state index < -0.39 is 6.03 Å². The average Bonchev–Trinajstić information content (AvgIpc) is 2.68. The van der Waals surface area contributed by atoms with Gasteiger partial charge in [-0.2, -0.15) is 0 Å². The zero-order chi connectivity index (χ0) is 12.7. The molecule has 0 bridgehead atoms. The van der Waals surface area contributed by atoms with Crippen LogP contribution in [-0.2, 0) is 4.79 Å². The Labute approximate surface area is 111 Å². The molecule has 7 heteroatoms. The van der Waals surface area contributed by atoms with Crippen molar-refractivity contribution in [2.24, 2.45) is 0 Å². The van der Waals surface area contributed by atoms with Crippen LogP contribution in [0.15, 0.2) is 29.0 Å². The van der Waals surface area contributed by atoms with E-state index in [1.54, 1.807) is 4.40 Å². The van der Waals surface area contributed by atoms with Gasteiger partial charge in [0.15, 0.2) is 0 Å². The molecule has 1 N–H and O–H groups in total. The summed E-state index contributed by atoms with van der Waals surface area (Å²) in [6, 6.07) is 5.21. The quantitative estimate of drug-likeness (QED) is 0.869. The summed E-state index contributed by atoms with van der Waals surface area (Å²) in [4.78, 5) is 28.7. The molecule has 2 aromatic rings. The third-order valence-electron chi connectivity index (χ3n) is 2.78. The molecular formula is C11H9BrN4O2. The summed E-state index contributed by atoms with van der Waals surface area (Å²) < 4.78 is 2.47. The van der Waals surface area contributed by atoms with Crippen LogP contribution in [0.4, 0.5) is 10.7 Å². The number of aromatic nitrogens is 2. The minimum atomic E-state index is -0.436. The number of carbonyl (C=O) groups is 2. The second-order valence-electron chi connectivity index (χ2n) is 3.91. The molecule has 0 aromatic carbocycles. The van der Waals surface area contributed by atoms with E-state index in [0.29, 0.717) is 17.1 Å². The number of rotatable bonds is 1. The minimum Gasteiger partial charge on any atom is -0.285 e. The molecule has 18 heavy (non-hydrogen) atoms. The highest BCUT2D eigenvalue weighted by molar-refractivity contribution is 9.10. The molecule has 0 aliphatic carbocycles. The molecule has 3 rings (SSSR count). The van der Waals surface area contributed by atoms with E-state index in [0.717, 1.165) is 5.52 Å². The van der Waals surface area contributed by atoms with Crippen molar-refractivity contribution < 1.29 is 9.59 Å². The van der Waals surface area contributed by atoms with E-state index in [-0.39, 0.29) is 12.3 Å². The fourth-order valence-electron chi connectivity index (χ4n) is 1.93. The number of halogens is 1.